The number of aryl methyl sites for hydroxylation is 1. The molecule has 0 bridgehead atoms. The minimum absolute atomic E-state index is 0.429. The fourth-order valence-corrected chi connectivity index (χ4v) is 1.82. The van der Waals surface area contributed by atoms with Crippen LogP contribution in [0, 0.1) is 6.92 Å². The Balaban J connectivity index is 2.72. The van der Waals surface area contributed by atoms with Gasteiger partial charge in [-0.3, -0.25) is 10.4 Å². The van der Waals surface area contributed by atoms with Gasteiger partial charge in [-0.2, -0.15) is 0 Å². The first-order valence-electron chi connectivity index (χ1n) is 5.81. The minimum atomic E-state index is 0.429. The second kappa shape index (κ2) is 8.22. The van der Waals surface area contributed by atoms with Gasteiger partial charge in [0.15, 0.2) is 0 Å². The molecule has 19 heavy (non-hydrogen) atoms. The van der Waals surface area contributed by atoms with Crippen LogP contribution < -0.4 is 16.6 Å². The van der Waals surface area contributed by atoms with Crippen molar-refractivity contribution in [1.29, 1.82) is 0 Å². The zero-order valence-corrected chi connectivity index (χ0v) is 12.5. The highest BCUT2D eigenvalue weighted by Gasteiger charge is 2.06. The van der Waals surface area contributed by atoms with Crippen molar-refractivity contribution in [2.75, 3.05) is 25.6 Å². The highest BCUT2D eigenvalue weighted by Crippen LogP contribution is 2.28. The molecule has 0 aliphatic carbocycles. The van der Waals surface area contributed by atoms with E-state index in [1.165, 1.54) is 0 Å². The van der Waals surface area contributed by atoms with Crippen molar-refractivity contribution in [2.24, 2.45) is 10.8 Å². The first kappa shape index (κ1) is 16.0. The zero-order chi connectivity index (χ0) is 14.3. The summed E-state index contributed by atoms with van der Waals surface area (Å²) in [5, 5.41) is 4.18. The van der Waals surface area contributed by atoms with Gasteiger partial charge in [0.1, 0.15) is 0 Å². The van der Waals surface area contributed by atoms with Crippen LogP contribution in [-0.4, -0.2) is 26.2 Å². The van der Waals surface area contributed by atoms with Crippen molar-refractivity contribution in [3.05, 3.63) is 27.7 Å². The molecule has 1 aromatic carbocycles. The summed E-state index contributed by atoms with van der Waals surface area (Å²) in [5.74, 6) is 5.83. The minimum Gasteiger partial charge on any atom is -0.385 e. The Bertz CT molecular complexity index is 452. The number of hydrogen-bond acceptors (Lipinski definition) is 3. The summed E-state index contributed by atoms with van der Waals surface area (Å²) in [6, 6.07) is 3.52. The van der Waals surface area contributed by atoms with Gasteiger partial charge < -0.3 is 10.1 Å². The van der Waals surface area contributed by atoms with E-state index in [4.69, 9.17) is 33.8 Å². The second-order valence-corrected chi connectivity index (χ2v) is 4.74. The normalized spacial score (nSPS) is 11.5. The van der Waals surface area contributed by atoms with Crippen molar-refractivity contribution < 1.29 is 4.74 Å². The molecule has 0 aliphatic heterocycles. The molecule has 0 amide bonds. The van der Waals surface area contributed by atoms with Crippen molar-refractivity contribution in [1.82, 2.24) is 5.43 Å². The lowest BCUT2D eigenvalue weighted by molar-refractivity contribution is 0.197. The third-order valence-corrected chi connectivity index (χ3v) is 3.13. The average Bonchev–Trinajstić information content (AvgIpc) is 2.39. The molecular weight excluding hydrogens is 287 g/mol. The van der Waals surface area contributed by atoms with Crippen LogP contribution in [0.3, 0.4) is 0 Å². The summed E-state index contributed by atoms with van der Waals surface area (Å²) >= 11 is 12.2. The number of anilines is 1. The topological polar surface area (TPSA) is 71.7 Å². The molecule has 0 saturated heterocycles. The van der Waals surface area contributed by atoms with Crippen LogP contribution in [0.1, 0.15) is 12.0 Å². The molecular formula is C12H18Cl2N4O. The standard InChI is InChI=1S/C12H18Cl2N4O/c1-8-6-10(14)11(7-9(8)13)17-12(18-15)16-4-3-5-19-2/h6-7H,3-5,15H2,1-2H3,(H2,16,17,18). The molecule has 106 valence electrons. The first-order valence-corrected chi connectivity index (χ1v) is 6.56. The van der Waals surface area contributed by atoms with Gasteiger partial charge in [-0.25, -0.2) is 5.84 Å². The second-order valence-electron chi connectivity index (χ2n) is 3.93. The zero-order valence-electron chi connectivity index (χ0n) is 11.0. The number of ether oxygens (including phenoxy) is 1. The number of aliphatic imine (C=N–C) groups is 1. The molecule has 0 radical (unpaired) electrons. The van der Waals surface area contributed by atoms with Crippen molar-refractivity contribution in [3.63, 3.8) is 0 Å². The number of nitrogens with two attached hydrogens (primary N) is 1. The maximum absolute atomic E-state index is 6.12. The van der Waals surface area contributed by atoms with E-state index in [0.29, 0.717) is 34.8 Å². The first-order chi connectivity index (χ1) is 9.08. The molecule has 0 heterocycles. The van der Waals surface area contributed by atoms with Crippen LogP contribution in [0.5, 0.6) is 0 Å². The molecule has 1 aromatic rings. The van der Waals surface area contributed by atoms with Gasteiger partial charge >= 0.3 is 0 Å². The van der Waals surface area contributed by atoms with Crippen molar-refractivity contribution >= 4 is 34.8 Å². The van der Waals surface area contributed by atoms with Crippen LogP contribution in [-0.2, 0) is 4.74 Å². The third-order valence-electron chi connectivity index (χ3n) is 2.41. The van der Waals surface area contributed by atoms with Gasteiger partial charge in [-0.15, -0.1) is 0 Å². The van der Waals surface area contributed by atoms with Gasteiger partial charge in [0.05, 0.1) is 10.7 Å². The molecule has 0 unspecified atom stereocenters. The molecule has 7 heteroatoms. The molecule has 0 fully saturated rings. The fourth-order valence-electron chi connectivity index (χ4n) is 1.39. The summed E-state index contributed by atoms with van der Waals surface area (Å²) in [6.07, 6.45) is 0.811. The molecule has 5 nitrogen and oxygen atoms in total. The van der Waals surface area contributed by atoms with Crippen molar-refractivity contribution in [3.8, 4) is 0 Å². The van der Waals surface area contributed by atoms with E-state index in [1.54, 1.807) is 19.2 Å². The van der Waals surface area contributed by atoms with E-state index >= 15 is 0 Å². The van der Waals surface area contributed by atoms with Gasteiger partial charge in [0, 0.05) is 25.3 Å². The van der Waals surface area contributed by atoms with Crippen LogP contribution in [0.25, 0.3) is 0 Å². The monoisotopic (exact) mass is 304 g/mol. The maximum Gasteiger partial charge on any atom is 0.210 e. The summed E-state index contributed by atoms with van der Waals surface area (Å²) < 4.78 is 4.94. The van der Waals surface area contributed by atoms with Crippen LogP contribution in [0.15, 0.2) is 17.1 Å². The summed E-state index contributed by atoms with van der Waals surface area (Å²) in [6.45, 7) is 3.13. The number of methoxy groups -OCH3 is 1. The number of guanidine groups is 1. The Morgan fingerprint density at radius 1 is 1.37 bits per heavy atom. The van der Waals surface area contributed by atoms with E-state index in [-0.39, 0.29) is 0 Å². The van der Waals surface area contributed by atoms with Crippen LogP contribution in [0.4, 0.5) is 5.69 Å². The van der Waals surface area contributed by atoms with E-state index in [2.05, 4.69) is 15.7 Å². The van der Waals surface area contributed by atoms with E-state index in [0.717, 1.165) is 12.0 Å². The van der Waals surface area contributed by atoms with Gasteiger partial charge in [0.2, 0.25) is 5.96 Å². The lowest BCUT2D eigenvalue weighted by Crippen LogP contribution is -2.36. The summed E-state index contributed by atoms with van der Waals surface area (Å²) in [4.78, 5) is 4.26. The number of rotatable bonds is 5. The number of nitrogens with one attached hydrogen (secondary N) is 2. The number of benzene rings is 1. The SMILES string of the molecule is COCCCN=C(NN)Nc1cc(Cl)c(C)cc1Cl. The highest BCUT2D eigenvalue weighted by molar-refractivity contribution is 6.36. The Hall–Kier alpha value is -1.01. The fraction of sp³-hybridized carbons (Fsp3) is 0.417. The predicted octanol–water partition coefficient (Wildman–Crippen LogP) is 2.57. The molecule has 0 aliphatic rings. The highest BCUT2D eigenvalue weighted by atomic mass is 35.5. The van der Waals surface area contributed by atoms with E-state index < -0.39 is 0 Å². The van der Waals surface area contributed by atoms with Gasteiger partial charge in [0.25, 0.3) is 0 Å². The Morgan fingerprint density at radius 2 is 2.11 bits per heavy atom. The maximum atomic E-state index is 6.12. The molecule has 4 N–H and O–H groups in total. The van der Waals surface area contributed by atoms with Crippen LogP contribution >= 0.6 is 23.2 Å². The van der Waals surface area contributed by atoms with Crippen LogP contribution in [0.2, 0.25) is 10.0 Å². The van der Waals surface area contributed by atoms with Gasteiger partial charge in [-0.1, -0.05) is 23.2 Å². The average molecular weight is 305 g/mol. The summed E-state index contributed by atoms with van der Waals surface area (Å²) in [5.41, 5.74) is 4.05. The molecule has 0 saturated carbocycles. The number of nitrogens with zero attached hydrogens (tertiary/aromatic N) is 1. The Morgan fingerprint density at radius 3 is 2.74 bits per heavy atom. The number of hydrazine groups is 1. The quantitative estimate of drug-likeness (QED) is 0.257. The predicted molar refractivity (Wildman–Crippen MR) is 80.9 cm³/mol. The largest absolute Gasteiger partial charge is 0.385 e. The van der Waals surface area contributed by atoms with Gasteiger partial charge in [-0.05, 0) is 31.0 Å². The third kappa shape index (κ3) is 5.24. The lowest BCUT2D eigenvalue weighted by Gasteiger charge is -2.12. The summed E-state index contributed by atoms with van der Waals surface area (Å²) in [7, 11) is 1.65. The molecule has 0 aromatic heterocycles. The van der Waals surface area contributed by atoms with Crippen molar-refractivity contribution in [2.45, 2.75) is 13.3 Å². The lowest BCUT2D eigenvalue weighted by atomic mass is 10.2. The number of hydrogen-bond donors (Lipinski definition) is 3. The number of halogens is 2. The van der Waals surface area contributed by atoms with E-state index in [1.807, 2.05) is 6.92 Å². The molecule has 0 spiro atoms. The Labute approximate surface area is 123 Å². The Kier molecular flexibility index (Phi) is 6.94. The smallest absolute Gasteiger partial charge is 0.210 e. The molecule has 1 rings (SSSR count). The van der Waals surface area contributed by atoms with E-state index in [9.17, 15) is 0 Å². The molecule has 0 atom stereocenters.